The fraction of sp³-hybridized carbons (Fsp3) is 0.600. The molecular weight excluding hydrogens is 346 g/mol. The minimum Gasteiger partial charge on any atom is -0.445 e. The molecule has 0 atom stereocenters. The van der Waals surface area contributed by atoms with Gasteiger partial charge in [0.2, 0.25) is 0 Å². The number of nitrogens with zero attached hydrogens (tertiary/aromatic N) is 2. The van der Waals surface area contributed by atoms with Crippen LogP contribution in [0.15, 0.2) is 30.3 Å². The Balaban J connectivity index is 1.25. The van der Waals surface area contributed by atoms with Crippen LogP contribution < -0.4 is 5.32 Å². The first-order chi connectivity index (χ1) is 12.7. The van der Waals surface area contributed by atoms with Crippen molar-refractivity contribution >= 4 is 12.2 Å². The second-order valence-corrected chi connectivity index (χ2v) is 8.54. The zero-order valence-electron chi connectivity index (χ0n) is 16.4. The fourth-order valence-corrected chi connectivity index (χ4v) is 3.57. The molecule has 0 bridgehead atoms. The predicted molar refractivity (Wildman–Crippen MR) is 101 cm³/mol. The van der Waals surface area contributed by atoms with Gasteiger partial charge in [-0.15, -0.1) is 0 Å². The van der Waals surface area contributed by atoms with E-state index in [1.807, 2.05) is 51.1 Å². The lowest BCUT2D eigenvalue weighted by atomic mass is 9.73. The standard InChI is InChI=1S/C20H29N3O4/c1-19(2,3)27-18(25)23-14-20(15-23)12-22(13-20)10-9-21-17(24)26-11-16-7-5-4-6-8-16/h4-8H,9-15H2,1-3H3,(H,21,24). The van der Waals surface area contributed by atoms with Crippen molar-refractivity contribution in [2.45, 2.75) is 33.0 Å². The van der Waals surface area contributed by atoms with Gasteiger partial charge in [0.1, 0.15) is 12.2 Å². The van der Waals surface area contributed by atoms with Crippen LogP contribution in [-0.2, 0) is 16.1 Å². The van der Waals surface area contributed by atoms with Crippen molar-refractivity contribution < 1.29 is 19.1 Å². The summed E-state index contributed by atoms with van der Waals surface area (Å²) in [4.78, 5) is 27.8. The Kier molecular flexibility index (Phi) is 5.60. The summed E-state index contributed by atoms with van der Waals surface area (Å²) in [5.41, 5.74) is 0.730. The molecule has 1 spiro atoms. The molecule has 3 rings (SSSR count). The number of carbonyl (C=O) groups is 2. The Labute approximate surface area is 160 Å². The molecule has 0 aliphatic carbocycles. The number of rotatable bonds is 5. The molecule has 1 N–H and O–H groups in total. The average Bonchev–Trinajstić information content (AvgIpc) is 2.52. The molecule has 2 aliphatic rings. The van der Waals surface area contributed by atoms with Crippen molar-refractivity contribution in [1.82, 2.24) is 15.1 Å². The van der Waals surface area contributed by atoms with Gasteiger partial charge < -0.3 is 24.6 Å². The first kappa shape index (κ1) is 19.5. The Morgan fingerprint density at radius 3 is 2.41 bits per heavy atom. The molecule has 27 heavy (non-hydrogen) atoms. The Morgan fingerprint density at radius 1 is 1.11 bits per heavy atom. The number of benzene rings is 1. The number of carbonyl (C=O) groups excluding carboxylic acids is 2. The quantitative estimate of drug-likeness (QED) is 0.856. The predicted octanol–water partition coefficient (Wildman–Crippen LogP) is 2.47. The molecule has 0 saturated carbocycles. The second kappa shape index (κ2) is 7.76. The van der Waals surface area contributed by atoms with Crippen molar-refractivity contribution in [1.29, 1.82) is 0 Å². The van der Waals surface area contributed by atoms with Crippen molar-refractivity contribution in [2.24, 2.45) is 5.41 Å². The summed E-state index contributed by atoms with van der Waals surface area (Å²) < 4.78 is 10.6. The molecule has 7 nitrogen and oxygen atoms in total. The van der Waals surface area contributed by atoms with Gasteiger partial charge >= 0.3 is 12.2 Å². The van der Waals surface area contributed by atoms with Gasteiger partial charge in [0, 0.05) is 44.7 Å². The Bertz CT molecular complexity index is 658. The third-order valence-electron chi connectivity index (χ3n) is 4.73. The molecule has 2 aliphatic heterocycles. The van der Waals surface area contributed by atoms with E-state index in [1.165, 1.54) is 0 Å². The van der Waals surface area contributed by atoms with E-state index in [0.29, 0.717) is 6.54 Å². The molecule has 7 heteroatoms. The number of likely N-dealkylation sites (tertiary alicyclic amines) is 2. The van der Waals surface area contributed by atoms with Crippen LogP contribution in [0, 0.1) is 5.41 Å². The van der Waals surface area contributed by atoms with Gasteiger partial charge in [-0.05, 0) is 26.3 Å². The highest BCUT2D eigenvalue weighted by Crippen LogP contribution is 2.39. The number of nitrogens with one attached hydrogen (secondary N) is 1. The number of amides is 2. The van der Waals surface area contributed by atoms with Gasteiger partial charge in [-0.3, -0.25) is 0 Å². The summed E-state index contributed by atoms with van der Waals surface area (Å²) in [7, 11) is 0. The molecule has 0 aromatic heterocycles. The summed E-state index contributed by atoms with van der Waals surface area (Å²) in [5, 5.41) is 2.78. The largest absolute Gasteiger partial charge is 0.445 e. The minimum absolute atomic E-state index is 0.213. The number of hydrogen-bond acceptors (Lipinski definition) is 5. The Morgan fingerprint density at radius 2 is 1.78 bits per heavy atom. The summed E-state index contributed by atoms with van der Waals surface area (Å²) in [6.07, 6.45) is -0.622. The number of alkyl carbamates (subject to hydrolysis) is 1. The average molecular weight is 375 g/mol. The highest BCUT2D eigenvalue weighted by atomic mass is 16.6. The molecule has 2 fully saturated rings. The molecule has 148 valence electrons. The van der Waals surface area contributed by atoms with Crippen molar-refractivity contribution in [3.8, 4) is 0 Å². The lowest BCUT2D eigenvalue weighted by Crippen LogP contribution is -2.73. The van der Waals surface area contributed by atoms with Crippen molar-refractivity contribution in [3.63, 3.8) is 0 Å². The first-order valence-corrected chi connectivity index (χ1v) is 9.40. The summed E-state index contributed by atoms with van der Waals surface area (Å²) >= 11 is 0. The van der Waals surface area contributed by atoms with Crippen LogP contribution in [0.1, 0.15) is 26.3 Å². The maximum atomic E-state index is 12.0. The normalized spacial score (nSPS) is 18.4. The van der Waals surface area contributed by atoms with Crippen LogP contribution in [0.5, 0.6) is 0 Å². The maximum Gasteiger partial charge on any atom is 0.410 e. The van der Waals surface area contributed by atoms with E-state index in [1.54, 1.807) is 4.90 Å². The summed E-state index contributed by atoms with van der Waals surface area (Å²) in [6.45, 7) is 10.7. The smallest absolute Gasteiger partial charge is 0.410 e. The van der Waals surface area contributed by atoms with E-state index in [-0.39, 0.29) is 18.1 Å². The van der Waals surface area contributed by atoms with Crippen molar-refractivity contribution in [2.75, 3.05) is 39.3 Å². The first-order valence-electron chi connectivity index (χ1n) is 9.40. The maximum absolute atomic E-state index is 12.0. The minimum atomic E-state index is -0.452. The van der Waals surface area contributed by atoms with Crippen LogP contribution in [0.3, 0.4) is 0 Å². The highest BCUT2D eigenvalue weighted by molar-refractivity contribution is 5.69. The zero-order chi connectivity index (χ0) is 19.5. The van der Waals surface area contributed by atoms with E-state index in [9.17, 15) is 9.59 Å². The Hall–Kier alpha value is -2.28. The number of ether oxygens (including phenoxy) is 2. The molecule has 2 saturated heterocycles. The molecule has 2 amide bonds. The SMILES string of the molecule is CC(C)(C)OC(=O)N1CC2(CN(CCNC(=O)OCc3ccccc3)C2)C1. The lowest BCUT2D eigenvalue weighted by Gasteiger charge is -2.60. The molecule has 1 aromatic rings. The third-order valence-corrected chi connectivity index (χ3v) is 4.73. The molecule has 0 unspecified atom stereocenters. The van der Waals surface area contributed by atoms with Crippen LogP contribution in [0.4, 0.5) is 9.59 Å². The van der Waals surface area contributed by atoms with Gasteiger partial charge in [-0.25, -0.2) is 9.59 Å². The summed E-state index contributed by atoms with van der Waals surface area (Å²) in [5.74, 6) is 0. The van der Waals surface area contributed by atoms with E-state index in [2.05, 4.69) is 10.2 Å². The fourth-order valence-electron chi connectivity index (χ4n) is 3.57. The van der Waals surface area contributed by atoms with Crippen LogP contribution in [0.25, 0.3) is 0 Å². The van der Waals surface area contributed by atoms with Crippen LogP contribution in [-0.4, -0.2) is 66.9 Å². The van der Waals surface area contributed by atoms with Crippen LogP contribution >= 0.6 is 0 Å². The number of hydrogen-bond donors (Lipinski definition) is 1. The molecule has 1 aromatic carbocycles. The van der Waals surface area contributed by atoms with Gasteiger partial charge in [-0.1, -0.05) is 30.3 Å². The monoisotopic (exact) mass is 375 g/mol. The van der Waals surface area contributed by atoms with Crippen molar-refractivity contribution in [3.05, 3.63) is 35.9 Å². The van der Waals surface area contributed by atoms with Gasteiger partial charge in [0.25, 0.3) is 0 Å². The van der Waals surface area contributed by atoms with Gasteiger partial charge in [0.15, 0.2) is 0 Å². The van der Waals surface area contributed by atoms with E-state index in [4.69, 9.17) is 9.47 Å². The van der Waals surface area contributed by atoms with E-state index >= 15 is 0 Å². The van der Waals surface area contributed by atoms with Crippen LogP contribution in [0.2, 0.25) is 0 Å². The molecule has 0 radical (unpaired) electrons. The molecule has 2 heterocycles. The van der Waals surface area contributed by atoms with E-state index in [0.717, 1.165) is 38.3 Å². The van der Waals surface area contributed by atoms with E-state index < -0.39 is 11.7 Å². The summed E-state index contributed by atoms with van der Waals surface area (Å²) in [6, 6.07) is 9.61. The third kappa shape index (κ3) is 5.35. The molecular formula is C20H29N3O4. The van der Waals surface area contributed by atoms with Gasteiger partial charge in [-0.2, -0.15) is 0 Å². The topological polar surface area (TPSA) is 71.1 Å². The highest BCUT2D eigenvalue weighted by Gasteiger charge is 2.53. The zero-order valence-corrected chi connectivity index (χ0v) is 16.4. The second-order valence-electron chi connectivity index (χ2n) is 8.54. The lowest BCUT2D eigenvalue weighted by molar-refractivity contribution is -0.111. The van der Waals surface area contributed by atoms with Gasteiger partial charge in [0.05, 0.1) is 0 Å².